The number of imidazole rings is 1. The van der Waals surface area contributed by atoms with E-state index in [-0.39, 0.29) is 5.91 Å². The molecule has 3 rings (SSSR count). The Morgan fingerprint density at radius 1 is 1.32 bits per heavy atom. The number of nitrogens with zero attached hydrogens (tertiary/aromatic N) is 3. The van der Waals surface area contributed by atoms with E-state index in [1.165, 1.54) is 16.0 Å². The first kappa shape index (κ1) is 14.8. The van der Waals surface area contributed by atoms with Gasteiger partial charge in [0.15, 0.2) is 0 Å². The summed E-state index contributed by atoms with van der Waals surface area (Å²) in [4.78, 5) is 19.8. The molecule has 0 aliphatic heterocycles. The molecule has 0 radical (unpaired) electrons. The second-order valence-corrected chi connectivity index (χ2v) is 6.66. The number of hydrogen-bond donors (Lipinski definition) is 0. The van der Waals surface area contributed by atoms with Crippen LogP contribution in [0.4, 0.5) is 0 Å². The van der Waals surface area contributed by atoms with Gasteiger partial charge in [-0.3, -0.25) is 4.79 Å². The average molecular weight is 313 g/mol. The van der Waals surface area contributed by atoms with Crippen LogP contribution >= 0.6 is 11.3 Å². The smallest absolute Gasteiger partial charge is 0.242 e. The molecule has 0 bridgehead atoms. The van der Waals surface area contributed by atoms with Crippen LogP contribution in [0.5, 0.6) is 0 Å². The summed E-state index contributed by atoms with van der Waals surface area (Å²) in [6.07, 6.45) is 1.75. The van der Waals surface area contributed by atoms with Gasteiger partial charge in [-0.15, -0.1) is 11.3 Å². The number of carbonyl (C=O) groups excluding carboxylic acids is 1. The fraction of sp³-hybridized carbons (Fsp3) is 0.294. The molecule has 1 amide bonds. The number of benzene rings is 1. The maximum Gasteiger partial charge on any atom is 0.242 e. The van der Waals surface area contributed by atoms with E-state index in [2.05, 4.69) is 31.0 Å². The first-order valence-electron chi connectivity index (χ1n) is 7.23. The lowest BCUT2D eigenvalue weighted by atomic mass is 10.1. The zero-order valence-electron chi connectivity index (χ0n) is 13.0. The number of fused-ring (bicyclic) bond motifs is 1. The predicted octanol–water partition coefficient (Wildman–Crippen LogP) is 3.37. The SMILES string of the molecule is Cc1cc2ncn(CC(=O)N(C)Cc3cccs3)c2cc1C. The maximum atomic E-state index is 12.4. The zero-order chi connectivity index (χ0) is 15.7. The molecule has 0 aliphatic carbocycles. The van der Waals surface area contributed by atoms with Crippen LogP contribution in [-0.4, -0.2) is 27.4 Å². The Morgan fingerprint density at radius 2 is 2.09 bits per heavy atom. The molecular formula is C17H19N3OS. The van der Waals surface area contributed by atoms with E-state index in [1.807, 2.05) is 29.1 Å². The molecule has 0 atom stereocenters. The quantitative estimate of drug-likeness (QED) is 0.740. The lowest BCUT2D eigenvalue weighted by Crippen LogP contribution is -2.29. The minimum absolute atomic E-state index is 0.0888. The molecule has 3 aromatic rings. The van der Waals surface area contributed by atoms with Crippen molar-refractivity contribution in [2.24, 2.45) is 0 Å². The summed E-state index contributed by atoms with van der Waals surface area (Å²) in [5.41, 5.74) is 4.39. The summed E-state index contributed by atoms with van der Waals surface area (Å²) in [6, 6.07) is 8.23. The number of rotatable bonds is 4. The fourth-order valence-corrected chi connectivity index (χ4v) is 3.19. The molecule has 0 fully saturated rings. The molecule has 2 heterocycles. The van der Waals surface area contributed by atoms with E-state index in [4.69, 9.17) is 0 Å². The molecule has 0 unspecified atom stereocenters. The highest BCUT2D eigenvalue weighted by Crippen LogP contribution is 2.19. The number of aromatic nitrogens is 2. The summed E-state index contributed by atoms with van der Waals surface area (Å²) in [7, 11) is 1.84. The summed E-state index contributed by atoms with van der Waals surface area (Å²) < 4.78 is 1.93. The van der Waals surface area contributed by atoms with Gasteiger partial charge in [-0.25, -0.2) is 4.98 Å². The summed E-state index contributed by atoms with van der Waals surface area (Å²) >= 11 is 1.67. The third kappa shape index (κ3) is 2.90. The molecule has 0 saturated heterocycles. The van der Waals surface area contributed by atoms with Crippen molar-refractivity contribution in [2.45, 2.75) is 26.9 Å². The van der Waals surface area contributed by atoms with Crippen LogP contribution in [0.2, 0.25) is 0 Å². The molecular weight excluding hydrogens is 294 g/mol. The van der Waals surface area contributed by atoms with E-state index >= 15 is 0 Å². The summed E-state index contributed by atoms with van der Waals surface area (Å²) in [6.45, 7) is 5.13. The molecule has 2 aromatic heterocycles. The number of likely N-dealkylation sites (N-methyl/N-ethyl adjacent to an activating group) is 1. The fourth-order valence-electron chi connectivity index (χ4n) is 2.43. The Labute approximate surface area is 134 Å². The molecule has 4 nitrogen and oxygen atoms in total. The molecule has 5 heteroatoms. The Hall–Kier alpha value is -2.14. The Balaban J connectivity index is 1.77. The van der Waals surface area contributed by atoms with Gasteiger partial charge >= 0.3 is 0 Å². The normalized spacial score (nSPS) is 11.0. The first-order chi connectivity index (χ1) is 10.5. The zero-order valence-corrected chi connectivity index (χ0v) is 13.9. The van der Waals surface area contributed by atoms with Gasteiger partial charge in [-0.05, 0) is 48.6 Å². The second kappa shape index (κ2) is 5.93. The monoisotopic (exact) mass is 313 g/mol. The standard InChI is InChI=1S/C17H19N3OS/c1-12-7-15-16(8-13(12)2)20(11-18-15)10-17(21)19(3)9-14-5-4-6-22-14/h4-8,11H,9-10H2,1-3H3. The highest BCUT2D eigenvalue weighted by molar-refractivity contribution is 7.09. The third-order valence-electron chi connectivity index (χ3n) is 3.94. The molecule has 22 heavy (non-hydrogen) atoms. The Kier molecular flexibility index (Phi) is 3.98. The highest BCUT2D eigenvalue weighted by atomic mass is 32.1. The van der Waals surface area contributed by atoms with E-state index in [0.29, 0.717) is 13.1 Å². The minimum Gasteiger partial charge on any atom is -0.339 e. The predicted molar refractivity (Wildman–Crippen MR) is 90.0 cm³/mol. The molecule has 0 spiro atoms. The van der Waals surface area contributed by atoms with Gasteiger partial charge in [0, 0.05) is 11.9 Å². The Morgan fingerprint density at radius 3 is 2.82 bits per heavy atom. The number of amides is 1. The lowest BCUT2D eigenvalue weighted by Gasteiger charge is -2.17. The van der Waals surface area contributed by atoms with E-state index < -0.39 is 0 Å². The number of aryl methyl sites for hydroxylation is 2. The van der Waals surface area contributed by atoms with Crippen molar-refractivity contribution in [3.63, 3.8) is 0 Å². The van der Waals surface area contributed by atoms with E-state index in [9.17, 15) is 4.79 Å². The van der Waals surface area contributed by atoms with Crippen molar-refractivity contribution in [1.29, 1.82) is 0 Å². The number of hydrogen-bond acceptors (Lipinski definition) is 3. The molecule has 0 saturated carbocycles. The van der Waals surface area contributed by atoms with Crippen LogP contribution in [0.25, 0.3) is 11.0 Å². The van der Waals surface area contributed by atoms with Gasteiger partial charge in [0.1, 0.15) is 6.54 Å². The van der Waals surface area contributed by atoms with Gasteiger partial charge in [0.05, 0.1) is 23.9 Å². The van der Waals surface area contributed by atoms with Gasteiger partial charge in [0.2, 0.25) is 5.91 Å². The maximum absolute atomic E-state index is 12.4. The van der Waals surface area contributed by atoms with Crippen LogP contribution in [0, 0.1) is 13.8 Å². The lowest BCUT2D eigenvalue weighted by molar-refractivity contribution is -0.130. The number of thiophene rings is 1. The van der Waals surface area contributed by atoms with Gasteiger partial charge in [0.25, 0.3) is 0 Å². The van der Waals surface area contributed by atoms with Crippen molar-refractivity contribution in [2.75, 3.05) is 7.05 Å². The van der Waals surface area contributed by atoms with Crippen LogP contribution in [0.3, 0.4) is 0 Å². The molecule has 114 valence electrons. The van der Waals surface area contributed by atoms with Crippen LogP contribution in [0.1, 0.15) is 16.0 Å². The minimum atomic E-state index is 0.0888. The topological polar surface area (TPSA) is 38.1 Å². The average Bonchev–Trinajstić information content (AvgIpc) is 3.11. The van der Waals surface area contributed by atoms with Crippen molar-refractivity contribution >= 4 is 28.3 Å². The van der Waals surface area contributed by atoms with Crippen molar-refractivity contribution in [3.05, 3.63) is 52.0 Å². The second-order valence-electron chi connectivity index (χ2n) is 5.63. The van der Waals surface area contributed by atoms with Crippen molar-refractivity contribution in [3.8, 4) is 0 Å². The van der Waals surface area contributed by atoms with Crippen LogP contribution < -0.4 is 0 Å². The first-order valence-corrected chi connectivity index (χ1v) is 8.11. The van der Waals surface area contributed by atoms with Crippen LogP contribution in [0.15, 0.2) is 36.0 Å². The molecule has 0 N–H and O–H groups in total. The summed E-state index contributed by atoms with van der Waals surface area (Å²) in [5, 5.41) is 2.03. The van der Waals surface area contributed by atoms with Gasteiger partial charge in [-0.2, -0.15) is 0 Å². The molecule has 1 aromatic carbocycles. The molecule has 0 aliphatic rings. The van der Waals surface area contributed by atoms with E-state index in [0.717, 1.165) is 11.0 Å². The largest absolute Gasteiger partial charge is 0.339 e. The third-order valence-corrected chi connectivity index (χ3v) is 4.80. The van der Waals surface area contributed by atoms with Crippen molar-refractivity contribution < 1.29 is 4.79 Å². The highest BCUT2D eigenvalue weighted by Gasteiger charge is 2.13. The van der Waals surface area contributed by atoms with Gasteiger partial charge < -0.3 is 9.47 Å². The van der Waals surface area contributed by atoms with Crippen LogP contribution in [-0.2, 0) is 17.9 Å². The van der Waals surface area contributed by atoms with Gasteiger partial charge in [-0.1, -0.05) is 6.07 Å². The summed E-state index contributed by atoms with van der Waals surface area (Å²) in [5.74, 6) is 0.0888. The number of carbonyl (C=O) groups is 1. The Bertz CT molecular complexity index is 805. The van der Waals surface area contributed by atoms with Crippen molar-refractivity contribution in [1.82, 2.24) is 14.5 Å². The van der Waals surface area contributed by atoms with E-state index in [1.54, 1.807) is 22.6 Å².